The maximum atomic E-state index is 2.46. The molecule has 0 aromatic rings. The van der Waals surface area contributed by atoms with Crippen molar-refractivity contribution in [2.75, 3.05) is 12.0 Å². The van der Waals surface area contributed by atoms with Crippen molar-refractivity contribution < 1.29 is 0 Å². The minimum atomic E-state index is -0.301. The van der Waals surface area contributed by atoms with Crippen molar-refractivity contribution in [3.63, 3.8) is 0 Å². The van der Waals surface area contributed by atoms with Crippen LogP contribution in [0.4, 0.5) is 0 Å². The summed E-state index contributed by atoms with van der Waals surface area (Å²) >= 11 is 0. The molecule has 0 aromatic heterocycles. The van der Waals surface area contributed by atoms with Crippen LogP contribution < -0.4 is 0 Å². The van der Waals surface area contributed by atoms with Crippen LogP contribution in [-0.2, 0) is 0 Å². The predicted molar refractivity (Wildman–Crippen MR) is 47.3 cm³/mol. The second-order valence-electron chi connectivity index (χ2n) is 2.94. The molecule has 0 bridgehead atoms. The van der Waals surface area contributed by atoms with Crippen molar-refractivity contribution in [1.29, 1.82) is 0 Å². The van der Waals surface area contributed by atoms with Gasteiger partial charge in [0.25, 0.3) is 0 Å². The van der Waals surface area contributed by atoms with Crippen LogP contribution in [0.15, 0.2) is 11.5 Å². The number of allylic oxidation sites excluding steroid dienone is 1. The Balaban J connectivity index is 2.66. The van der Waals surface area contributed by atoms with Gasteiger partial charge in [-0.1, -0.05) is 25.3 Å². The normalized spacial score (nSPS) is 49.0. The highest BCUT2D eigenvalue weighted by molar-refractivity contribution is 8.36. The van der Waals surface area contributed by atoms with Crippen molar-refractivity contribution in [1.82, 2.24) is 0 Å². The van der Waals surface area contributed by atoms with Crippen molar-refractivity contribution in [3.05, 3.63) is 11.5 Å². The van der Waals surface area contributed by atoms with Crippen molar-refractivity contribution in [2.24, 2.45) is 0 Å². The number of hydrogen-bond acceptors (Lipinski definition) is 0. The summed E-state index contributed by atoms with van der Waals surface area (Å²) in [5, 5.41) is 3.40. The highest BCUT2D eigenvalue weighted by atomic mass is 32.3. The molecule has 2 unspecified atom stereocenters. The molecular weight excluding hydrogens is 128 g/mol. The average molecular weight is 144 g/mol. The quantitative estimate of drug-likeness (QED) is 0.531. The summed E-state index contributed by atoms with van der Waals surface area (Å²) in [6.45, 7) is 4.68. The summed E-state index contributed by atoms with van der Waals surface area (Å²) in [6.07, 6.45) is 6.10. The Bertz CT molecular complexity index is 129. The van der Waals surface area contributed by atoms with Gasteiger partial charge < -0.3 is 0 Å². The van der Waals surface area contributed by atoms with E-state index < -0.39 is 0 Å². The van der Waals surface area contributed by atoms with E-state index in [0.717, 1.165) is 5.25 Å². The van der Waals surface area contributed by atoms with Crippen LogP contribution in [0.2, 0.25) is 0 Å². The van der Waals surface area contributed by atoms with Crippen molar-refractivity contribution >= 4 is 10.0 Å². The molecule has 0 saturated carbocycles. The Kier molecular flexibility index (Phi) is 1.90. The van der Waals surface area contributed by atoms with Gasteiger partial charge in [0, 0.05) is 0 Å². The van der Waals surface area contributed by atoms with Crippen LogP contribution in [0.1, 0.15) is 20.3 Å². The summed E-state index contributed by atoms with van der Waals surface area (Å²) in [5.41, 5.74) is 0. The van der Waals surface area contributed by atoms with Gasteiger partial charge in [0.1, 0.15) is 0 Å². The molecule has 1 aliphatic heterocycles. The van der Waals surface area contributed by atoms with E-state index in [1.165, 1.54) is 12.2 Å². The molecule has 0 nitrogen and oxygen atoms in total. The highest BCUT2D eigenvalue weighted by Gasteiger charge is 2.23. The molecule has 0 N–H and O–H groups in total. The van der Waals surface area contributed by atoms with Gasteiger partial charge in [-0.2, -0.15) is 0 Å². The SMILES string of the molecule is CCS1(C)C=CCC1C. The predicted octanol–water partition coefficient (Wildman–Crippen LogP) is 2.75. The van der Waals surface area contributed by atoms with Gasteiger partial charge in [-0.15, -0.1) is 0 Å². The average Bonchev–Trinajstić information content (AvgIpc) is 2.15. The molecule has 0 radical (unpaired) electrons. The number of hydrogen-bond donors (Lipinski definition) is 0. The Morgan fingerprint density at radius 1 is 1.67 bits per heavy atom. The molecule has 0 saturated heterocycles. The monoisotopic (exact) mass is 144 g/mol. The topological polar surface area (TPSA) is 0 Å². The van der Waals surface area contributed by atoms with Crippen LogP contribution >= 0.6 is 10.0 Å². The first kappa shape index (κ1) is 7.20. The molecular formula is C8H16S. The Labute approximate surface area is 59.7 Å². The van der Waals surface area contributed by atoms with Gasteiger partial charge in [0.05, 0.1) is 0 Å². The number of rotatable bonds is 1. The van der Waals surface area contributed by atoms with E-state index in [1.54, 1.807) is 0 Å². The molecule has 54 valence electrons. The molecule has 0 aliphatic carbocycles. The lowest BCUT2D eigenvalue weighted by Gasteiger charge is -2.32. The first-order chi connectivity index (χ1) is 4.19. The zero-order chi connectivity index (χ0) is 6.91. The lowest BCUT2D eigenvalue weighted by Crippen LogP contribution is -2.08. The maximum Gasteiger partial charge on any atom is -0.00748 e. The lowest BCUT2D eigenvalue weighted by atomic mass is 10.3. The maximum absolute atomic E-state index is 2.46. The molecule has 0 aromatic carbocycles. The van der Waals surface area contributed by atoms with E-state index in [2.05, 4.69) is 31.6 Å². The summed E-state index contributed by atoms with van der Waals surface area (Å²) in [5.74, 6) is 1.37. The smallest absolute Gasteiger partial charge is 0.00748 e. The fourth-order valence-electron chi connectivity index (χ4n) is 1.20. The van der Waals surface area contributed by atoms with E-state index in [9.17, 15) is 0 Å². The first-order valence-corrected chi connectivity index (χ1v) is 5.94. The molecule has 1 aliphatic rings. The molecule has 9 heavy (non-hydrogen) atoms. The van der Waals surface area contributed by atoms with E-state index in [1.807, 2.05) is 0 Å². The first-order valence-electron chi connectivity index (χ1n) is 3.60. The second-order valence-corrected chi connectivity index (χ2v) is 7.05. The van der Waals surface area contributed by atoms with Crippen LogP contribution in [0.25, 0.3) is 0 Å². The molecule has 1 heterocycles. The third-order valence-corrected chi connectivity index (χ3v) is 6.51. The van der Waals surface area contributed by atoms with Gasteiger partial charge in [0.15, 0.2) is 0 Å². The molecule has 2 atom stereocenters. The largest absolute Gasteiger partial charge is 0.222 e. The van der Waals surface area contributed by atoms with Crippen LogP contribution in [0.3, 0.4) is 0 Å². The summed E-state index contributed by atoms with van der Waals surface area (Å²) in [4.78, 5) is 0. The third kappa shape index (κ3) is 1.16. The standard InChI is InChI=1S/C8H16S/c1-4-9(3)7-5-6-8(9)2/h5,7-8H,4,6H2,1-3H3. The molecule has 0 spiro atoms. The third-order valence-electron chi connectivity index (χ3n) is 2.42. The van der Waals surface area contributed by atoms with Gasteiger partial charge in [-0.05, 0) is 23.7 Å². The van der Waals surface area contributed by atoms with Crippen molar-refractivity contribution in [2.45, 2.75) is 25.5 Å². The minimum absolute atomic E-state index is 0.301. The van der Waals surface area contributed by atoms with Crippen LogP contribution in [-0.4, -0.2) is 17.3 Å². The van der Waals surface area contributed by atoms with Crippen LogP contribution in [0, 0.1) is 0 Å². The van der Waals surface area contributed by atoms with Gasteiger partial charge in [-0.3, -0.25) is 0 Å². The van der Waals surface area contributed by atoms with E-state index >= 15 is 0 Å². The van der Waals surface area contributed by atoms with Gasteiger partial charge in [-0.25, -0.2) is 10.0 Å². The summed E-state index contributed by atoms with van der Waals surface area (Å²) < 4.78 is 0. The van der Waals surface area contributed by atoms with E-state index in [4.69, 9.17) is 0 Å². The Hall–Kier alpha value is 0.0900. The fourth-order valence-corrected chi connectivity index (χ4v) is 3.33. The molecule has 1 rings (SSSR count). The van der Waals surface area contributed by atoms with E-state index in [-0.39, 0.29) is 10.0 Å². The van der Waals surface area contributed by atoms with Gasteiger partial charge >= 0.3 is 0 Å². The fraction of sp³-hybridized carbons (Fsp3) is 0.750. The van der Waals surface area contributed by atoms with Gasteiger partial charge in [0.2, 0.25) is 0 Å². The Morgan fingerprint density at radius 3 is 2.56 bits per heavy atom. The summed E-state index contributed by atoms with van der Waals surface area (Å²) in [6, 6.07) is 0. The molecule has 1 heteroatoms. The zero-order valence-corrected chi connectivity index (χ0v) is 7.37. The molecule has 0 fully saturated rings. The van der Waals surface area contributed by atoms with Crippen molar-refractivity contribution in [3.8, 4) is 0 Å². The summed E-state index contributed by atoms with van der Waals surface area (Å²) in [7, 11) is -0.301. The lowest BCUT2D eigenvalue weighted by molar-refractivity contribution is 0.986. The van der Waals surface area contributed by atoms with E-state index in [0.29, 0.717) is 0 Å². The second kappa shape index (κ2) is 2.37. The zero-order valence-electron chi connectivity index (χ0n) is 6.55. The minimum Gasteiger partial charge on any atom is -0.222 e. The molecule has 0 amide bonds. The highest BCUT2D eigenvalue weighted by Crippen LogP contribution is 2.55. The Morgan fingerprint density at radius 2 is 2.33 bits per heavy atom. The van der Waals surface area contributed by atoms with Crippen LogP contribution in [0.5, 0.6) is 0 Å².